The first-order valence-corrected chi connectivity index (χ1v) is 8.56. The number of hydrogen-bond acceptors (Lipinski definition) is 3. The second-order valence-corrected chi connectivity index (χ2v) is 6.35. The molecule has 1 aliphatic heterocycles. The lowest BCUT2D eigenvalue weighted by Crippen LogP contribution is -2.53. The monoisotopic (exact) mass is 323 g/mol. The third-order valence-electron chi connectivity index (χ3n) is 3.38. The molecule has 0 aromatic heterocycles. The Hall–Kier alpha value is -1.56. The fourth-order valence-corrected chi connectivity index (χ4v) is 3.28. The van der Waals surface area contributed by atoms with E-state index in [4.69, 9.17) is 0 Å². The van der Waals surface area contributed by atoms with E-state index >= 15 is 0 Å². The van der Waals surface area contributed by atoms with Crippen LogP contribution in [0.2, 0.25) is 0 Å². The molecule has 1 aliphatic rings. The zero-order chi connectivity index (χ0) is 16.1. The number of amidine groups is 1. The summed E-state index contributed by atoms with van der Waals surface area (Å²) in [4.78, 5) is 20.7. The van der Waals surface area contributed by atoms with Crippen LogP contribution in [-0.4, -0.2) is 34.6 Å². The number of hydrogen-bond donors (Lipinski definition) is 0. The average Bonchev–Trinajstić information content (AvgIpc) is 2.48. The van der Waals surface area contributed by atoms with Crippen LogP contribution in [0.1, 0.15) is 33.6 Å². The van der Waals surface area contributed by atoms with Gasteiger partial charge < -0.3 is 0 Å². The van der Waals surface area contributed by atoms with E-state index < -0.39 is 0 Å². The first kappa shape index (κ1) is 16.8. The van der Waals surface area contributed by atoms with Crippen LogP contribution >= 0.6 is 11.8 Å². The Labute approximate surface area is 135 Å². The Morgan fingerprint density at radius 1 is 1.32 bits per heavy atom. The lowest BCUT2D eigenvalue weighted by Gasteiger charge is -2.38. The molecule has 0 bridgehead atoms. The third kappa shape index (κ3) is 3.80. The third-order valence-corrected chi connectivity index (χ3v) is 4.35. The normalized spacial score (nSPS) is 17.7. The van der Waals surface area contributed by atoms with Crippen LogP contribution in [0.3, 0.4) is 0 Å². The van der Waals surface area contributed by atoms with Gasteiger partial charge in [-0.25, -0.2) is 9.18 Å². The second-order valence-electron chi connectivity index (χ2n) is 5.44. The van der Waals surface area contributed by atoms with Crippen molar-refractivity contribution in [3.8, 4) is 0 Å². The number of benzene rings is 1. The molecule has 120 valence electrons. The van der Waals surface area contributed by atoms with Crippen molar-refractivity contribution in [2.24, 2.45) is 4.99 Å². The fourth-order valence-electron chi connectivity index (χ4n) is 2.16. The fraction of sp³-hybridized carbons (Fsp3) is 0.500. The summed E-state index contributed by atoms with van der Waals surface area (Å²) in [5.41, 5.74) is 0.706. The van der Waals surface area contributed by atoms with E-state index in [0.29, 0.717) is 11.6 Å². The smallest absolute Gasteiger partial charge is 0.284 e. The Bertz CT molecular complexity index is 545. The Morgan fingerprint density at radius 2 is 2.00 bits per heavy atom. The molecule has 0 spiro atoms. The van der Waals surface area contributed by atoms with E-state index in [1.165, 1.54) is 12.1 Å². The molecule has 0 unspecified atom stereocenters. The maximum absolute atomic E-state index is 13.1. The standard InChI is InChI=1S/C16H22FN3OS/c1-4-5-10-18-15-20(12(2)3)16(21)19(11-22-15)14-8-6-13(17)7-9-14/h6-9,12H,4-5,10-11H2,1-3H3. The number of rotatable bonds is 5. The zero-order valence-electron chi connectivity index (χ0n) is 13.3. The number of nitrogens with zero attached hydrogens (tertiary/aromatic N) is 3. The van der Waals surface area contributed by atoms with Gasteiger partial charge >= 0.3 is 6.03 Å². The molecule has 2 rings (SSSR count). The minimum absolute atomic E-state index is 0.0311. The molecule has 0 aliphatic carbocycles. The van der Waals surface area contributed by atoms with Crippen LogP contribution in [0.15, 0.2) is 29.3 Å². The highest BCUT2D eigenvalue weighted by Crippen LogP contribution is 2.28. The maximum atomic E-state index is 13.1. The van der Waals surface area contributed by atoms with Gasteiger partial charge in [0, 0.05) is 18.3 Å². The highest BCUT2D eigenvalue weighted by molar-refractivity contribution is 8.14. The molecule has 0 N–H and O–H groups in total. The molecule has 0 radical (unpaired) electrons. The molecule has 0 atom stereocenters. The van der Waals surface area contributed by atoms with Gasteiger partial charge in [0.05, 0.1) is 5.88 Å². The summed E-state index contributed by atoms with van der Waals surface area (Å²) in [5.74, 6) is 0.196. The minimum atomic E-state index is -0.302. The van der Waals surface area contributed by atoms with Crippen LogP contribution in [0.5, 0.6) is 0 Å². The van der Waals surface area contributed by atoms with Gasteiger partial charge in [-0.05, 0) is 44.5 Å². The summed E-state index contributed by atoms with van der Waals surface area (Å²) < 4.78 is 13.1. The maximum Gasteiger partial charge on any atom is 0.331 e. The molecule has 1 saturated heterocycles. The van der Waals surface area contributed by atoms with Crippen molar-refractivity contribution in [2.75, 3.05) is 17.3 Å². The molecule has 2 amide bonds. The van der Waals surface area contributed by atoms with E-state index in [1.54, 1.807) is 33.7 Å². The summed E-state index contributed by atoms with van der Waals surface area (Å²) in [6.07, 6.45) is 2.10. The molecular weight excluding hydrogens is 301 g/mol. The molecule has 22 heavy (non-hydrogen) atoms. The molecule has 1 aromatic rings. The van der Waals surface area contributed by atoms with Crippen LogP contribution < -0.4 is 4.90 Å². The Balaban J connectivity index is 2.20. The topological polar surface area (TPSA) is 35.9 Å². The van der Waals surface area contributed by atoms with Crippen molar-refractivity contribution >= 4 is 28.6 Å². The van der Waals surface area contributed by atoms with Crippen molar-refractivity contribution in [1.82, 2.24) is 4.90 Å². The van der Waals surface area contributed by atoms with Crippen molar-refractivity contribution in [3.05, 3.63) is 30.1 Å². The van der Waals surface area contributed by atoms with Crippen LogP contribution in [0.25, 0.3) is 0 Å². The Morgan fingerprint density at radius 3 is 2.59 bits per heavy atom. The summed E-state index contributed by atoms with van der Waals surface area (Å²) in [6.45, 7) is 6.81. The number of halogens is 1. The van der Waals surface area contributed by atoms with Gasteiger partial charge in [0.25, 0.3) is 0 Å². The van der Waals surface area contributed by atoms with Crippen molar-refractivity contribution in [2.45, 2.75) is 39.7 Å². The molecule has 1 fully saturated rings. The molecule has 6 heteroatoms. The first-order valence-electron chi connectivity index (χ1n) is 7.58. The number of unbranched alkanes of at least 4 members (excludes halogenated alkanes) is 1. The number of carbonyl (C=O) groups excluding carboxylic acids is 1. The van der Waals surface area contributed by atoms with Gasteiger partial charge in [0.1, 0.15) is 5.82 Å². The lowest BCUT2D eigenvalue weighted by molar-refractivity contribution is 0.220. The number of urea groups is 1. The number of anilines is 1. The summed E-state index contributed by atoms with van der Waals surface area (Å²) in [6, 6.07) is 5.94. The van der Waals surface area contributed by atoms with Crippen LogP contribution in [0.4, 0.5) is 14.9 Å². The number of carbonyl (C=O) groups is 1. The summed E-state index contributed by atoms with van der Waals surface area (Å²) in [7, 11) is 0. The molecule has 1 aromatic carbocycles. The van der Waals surface area contributed by atoms with Gasteiger partial charge in [-0.2, -0.15) is 0 Å². The minimum Gasteiger partial charge on any atom is -0.284 e. The summed E-state index contributed by atoms with van der Waals surface area (Å²) in [5, 5.41) is 0.784. The molecule has 4 nitrogen and oxygen atoms in total. The van der Waals surface area contributed by atoms with Gasteiger partial charge in [-0.3, -0.25) is 14.8 Å². The molecule has 0 saturated carbocycles. The van der Waals surface area contributed by atoms with Crippen molar-refractivity contribution in [3.63, 3.8) is 0 Å². The molecular formula is C16H22FN3OS. The summed E-state index contributed by atoms with van der Waals surface area (Å²) >= 11 is 1.55. The van der Waals surface area contributed by atoms with E-state index in [-0.39, 0.29) is 17.9 Å². The molecule has 1 heterocycles. The van der Waals surface area contributed by atoms with Gasteiger partial charge in [-0.15, -0.1) is 0 Å². The highest BCUT2D eigenvalue weighted by atomic mass is 32.2. The largest absolute Gasteiger partial charge is 0.331 e. The van der Waals surface area contributed by atoms with Gasteiger partial charge in [0.15, 0.2) is 5.17 Å². The predicted molar refractivity (Wildman–Crippen MR) is 90.9 cm³/mol. The highest BCUT2D eigenvalue weighted by Gasteiger charge is 2.33. The van der Waals surface area contributed by atoms with E-state index in [0.717, 1.165) is 24.6 Å². The van der Waals surface area contributed by atoms with E-state index in [1.807, 2.05) is 13.8 Å². The Kier molecular flexibility index (Phi) is 5.83. The van der Waals surface area contributed by atoms with Crippen LogP contribution in [-0.2, 0) is 0 Å². The van der Waals surface area contributed by atoms with Gasteiger partial charge in [0.2, 0.25) is 0 Å². The van der Waals surface area contributed by atoms with Crippen LogP contribution in [0, 0.1) is 5.82 Å². The first-order chi connectivity index (χ1) is 10.5. The lowest BCUT2D eigenvalue weighted by atomic mass is 10.3. The predicted octanol–water partition coefficient (Wildman–Crippen LogP) is 4.32. The van der Waals surface area contributed by atoms with E-state index in [9.17, 15) is 9.18 Å². The average molecular weight is 323 g/mol. The van der Waals surface area contributed by atoms with Crippen molar-refractivity contribution < 1.29 is 9.18 Å². The number of amides is 2. The quantitative estimate of drug-likeness (QED) is 0.756. The number of thioether (sulfide) groups is 1. The van der Waals surface area contributed by atoms with E-state index in [2.05, 4.69) is 11.9 Å². The second kappa shape index (κ2) is 7.63. The number of aliphatic imine (C=N–C) groups is 1. The van der Waals surface area contributed by atoms with Gasteiger partial charge in [-0.1, -0.05) is 25.1 Å². The van der Waals surface area contributed by atoms with Crippen molar-refractivity contribution in [1.29, 1.82) is 0 Å². The SMILES string of the molecule is CCCCN=C1SCN(c2ccc(F)cc2)C(=O)N1C(C)C. The zero-order valence-corrected chi connectivity index (χ0v) is 14.1.